The van der Waals surface area contributed by atoms with Crippen molar-refractivity contribution in [1.82, 2.24) is 9.97 Å². The number of fused-ring (bicyclic) bond motifs is 1. The fourth-order valence-electron chi connectivity index (χ4n) is 2.76. The average Bonchev–Trinajstić information content (AvgIpc) is 2.74. The molecule has 0 amide bonds. The molecule has 5 heteroatoms. The molecule has 4 aromatic rings. The lowest BCUT2D eigenvalue weighted by atomic mass is 10.2. The van der Waals surface area contributed by atoms with E-state index in [-0.39, 0.29) is 0 Å². The third-order valence-electron chi connectivity index (χ3n) is 4.26. The Morgan fingerprint density at radius 2 is 1.39 bits per heavy atom. The van der Waals surface area contributed by atoms with Crippen LogP contribution in [0.4, 0.5) is 0 Å². The molecule has 0 saturated carbocycles. The third kappa shape index (κ3) is 3.99. The summed E-state index contributed by atoms with van der Waals surface area (Å²) in [7, 11) is 0. The van der Waals surface area contributed by atoms with Gasteiger partial charge in [0, 0.05) is 0 Å². The maximum atomic E-state index is 12.1. The Kier molecular flexibility index (Phi) is 4.97. The lowest BCUT2D eigenvalue weighted by Crippen LogP contribution is -2.08. The number of esters is 1. The number of carbonyl (C=O) groups is 1. The van der Waals surface area contributed by atoms with Crippen molar-refractivity contribution in [3.05, 3.63) is 95.8 Å². The molecule has 1 aromatic heterocycles. The van der Waals surface area contributed by atoms with Crippen molar-refractivity contribution < 1.29 is 14.3 Å². The number of benzene rings is 3. The van der Waals surface area contributed by atoms with Gasteiger partial charge < -0.3 is 9.47 Å². The van der Waals surface area contributed by atoms with Crippen LogP contribution < -0.4 is 9.47 Å². The van der Waals surface area contributed by atoms with Crippen molar-refractivity contribution in [2.24, 2.45) is 0 Å². The minimum absolute atomic E-state index is 0.312. The van der Waals surface area contributed by atoms with Gasteiger partial charge in [0.2, 0.25) is 0 Å². The molecule has 0 N–H and O–H groups in total. The van der Waals surface area contributed by atoms with Gasteiger partial charge in [-0.3, -0.25) is 0 Å². The van der Waals surface area contributed by atoms with E-state index in [1.165, 1.54) is 0 Å². The fourth-order valence-corrected chi connectivity index (χ4v) is 2.76. The Labute approximate surface area is 162 Å². The van der Waals surface area contributed by atoms with Crippen LogP contribution in [0.25, 0.3) is 11.0 Å². The Hall–Kier alpha value is -3.73. The van der Waals surface area contributed by atoms with E-state index >= 15 is 0 Å². The first-order valence-corrected chi connectivity index (χ1v) is 8.91. The summed E-state index contributed by atoms with van der Waals surface area (Å²) in [5.74, 6) is 0.730. The molecule has 0 bridgehead atoms. The largest absolute Gasteiger partial charge is 0.487 e. The zero-order valence-electron chi connectivity index (χ0n) is 15.3. The summed E-state index contributed by atoms with van der Waals surface area (Å²) in [4.78, 5) is 21.3. The van der Waals surface area contributed by atoms with E-state index < -0.39 is 5.97 Å². The Morgan fingerprint density at radius 3 is 2.11 bits per heavy atom. The second-order valence-corrected chi connectivity index (χ2v) is 6.26. The van der Waals surface area contributed by atoms with Crippen LogP contribution in [0.2, 0.25) is 0 Å². The minimum Gasteiger partial charge on any atom is -0.487 e. The number of aromatic nitrogens is 2. The number of hydrogen-bond acceptors (Lipinski definition) is 5. The number of aryl methyl sites for hydroxylation is 1. The lowest BCUT2D eigenvalue weighted by Gasteiger charge is -2.10. The van der Waals surface area contributed by atoms with Crippen LogP contribution in [0.15, 0.2) is 78.9 Å². The van der Waals surface area contributed by atoms with Crippen LogP contribution in [0.1, 0.15) is 21.7 Å². The van der Waals surface area contributed by atoms with Gasteiger partial charge in [-0.2, -0.15) is 0 Å². The van der Waals surface area contributed by atoms with E-state index in [2.05, 4.69) is 9.97 Å². The van der Waals surface area contributed by atoms with Crippen LogP contribution in [-0.2, 0) is 6.61 Å². The standard InChI is InChI=1S/C23H18N2O3/c1-16-22(25-21-10-6-5-9-20(21)24-16)15-27-18-11-13-19(14-12-18)28-23(26)17-7-3-2-4-8-17/h2-14H,15H2,1H3. The van der Waals surface area contributed by atoms with Crippen LogP contribution in [0, 0.1) is 6.92 Å². The second kappa shape index (κ2) is 7.88. The zero-order chi connectivity index (χ0) is 19.3. The smallest absolute Gasteiger partial charge is 0.343 e. The average molecular weight is 370 g/mol. The predicted molar refractivity (Wildman–Crippen MR) is 106 cm³/mol. The molecule has 0 spiro atoms. The molecule has 3 aromatic carbocycles. The van der Waals surface area contributed by atoms with Crippen molar-refractivity contribution in [2.75, 3.05) is 0 Å². The van der Waals surface area contributed by atoms with Gasteiger partial charge >= 0.3 is 5.97 Å². The first kappa shape index (κ1) is 17.7. The summed E-state index contributed by atoms with van der Waals surface area (Å²) in [5, 5.41) is 0. The number of rotatable bonds is 5. The molecule has 0 aliphatic heterocycles. The van der Waals surface area contributed by atoms with Gasteiger partial charge in [0.25, 0.3) is 0 Å². The summed E-state index contributed by atoms with van der Waals surface area (Å²) in [6.07, 6.45) is 0. The number of carbonyl (C=O) groups excluding carboxylic acids is 1. The maximum Gasteiger partial charge on any atom is 0.343 e. The summed E-state index contributed by atoms with van der Waals surface area (Å²) in [6, 6.07) is 23.6. The molecule has 0 atom stereocenters. The number of nitrogens with zero attached hydrogens (tertiary/aromatic N) is 2. The van der Waals surface area contributed by atoms with Gasteiger partial charge in [-0.1, -0.05) is 30.3 Å². The van der Waals surface area contributed by atoms with Gasteiger partial charge in [0.05, 0.1) is 28.0 Å². The molecule has 0 radical (unpaired) electrons. The van der Waals surface area contributed by atoms with Crippen molar-refractivity contribution >= 4 is 17.0 Å². The molecular weight excluding hydrogens is 352 g/mol. The number of para-hydroxylation sites is 2. The molecule has 5 nitrogen and oxygen atoms in total. The number of hydrogen-bond donors (Lipinski definition) is 0. The highest BCUT2D eigenvalue weighted by Crippen LogP contribution is 2.20. The van der Waals surface area contributed by atoms with E-state index in [0.29, 0.717) is 23.7 Å². The Bertz CT molecular complexity index is 1110. The van der Waals surface area contributed by atoms with Gasteiger partial charge in [-0.25, -0.2) is 14.8 Å². The first-order valence-electron chi connectivity index (χ1n) is 8.91. The van der Waals surface area contributed by atoms with Crippen molar-refractivity contribution in [1.29, 1.82) is 0 Å². The van der Waals surface area contributed by atoms with E-state index in [1.807, 2.05) is 37.3 Å². The van der Waals surface area contributed by atoms with E-state index in [1.54, 1.807) is 48.5 Å². The van der Waals surface area contributed by atoms with Gasteiger partial charge in [0.1, 0.15) is 18.1 Å². The topological polar surface area (TPSA) is 61.3 Å². The SMILES string of the molecule is Cc1nc2ccccc2nc1COc1ccc(OC(=O)c2ccccc2)cc1. The molecule has 0 fully saturated rings. The summed E-state index contributed by atoms with van der Waals surface area (Å²) < 4.78 is 11.2. The molecule has 0 aliphatic rings. The monoisotopic (exact) mass is 370 g/mol. The lowest BCUT2D eigenvalue weighted by molar-refractivity contribution is 0.0734. The highest BCUT2D eigenvalue weighted by Gasteiger charge is 2.09. The molecule has 0 saturated heterocycles. The van der Waals surface area contributed by atoms with E-state index in [4.69, 9.17) is 9.47 Å². The molecule has 1 heterocycles. The fraction of sp³-hybridized carbons (Fsp3) is 0.0870. The van der Waals surface area contributed by atoms with E-state index in [9.17, 15) is 4.79 Å². The zero-order valence-corrected chi connectivity index (χ0v) is 15.3. The second-order valence-electron chi connectivity index (χ2n) is 6.26. The highest BCUT2D eigenvalue weighted by molar-refractivity contribution is 5.90. The molecule has 4 rings (SSSR count). The molecular formula is C23H18N2O3. The van der Waals surface area contributed by atoms with Crippen LogP contribution in [0.5, 0.6) is 11.5 Å². The van der Waals surface area contributed by atoms with Crippen molar-refractivity contribution in [3.63, 3.8) is 0 Å². The Morgan fingerprint density at radius 1 is 0.786 bits per heavy atom. The van der Waals surface area contributed by atoms with Crippen LogP contribution in [0.3, 0.4) is 0 Å². The van der Waals surface area contributed by atoms with Crippen molar-refractivity contribution in [2.45, 2.75) is 13.5 Å². The van der Waals surface area contributed by atoms with Crippen molar-refractivity contribution in [3.8, 4) is 11.5 Å². The number of ether oxygens (including phenoxy) is 2. The predicted octanol–water partition coefficient (Wildman–Crippen LogP) is 4.74. The van der Waals surface area contributed by atoms with Crippen LogP contribution >= 0.6 is 0 Å². The minimum atomic E-state index is -0.392. The molecule has 28 heavy (non-hydrogen) atoms. The normalized spacial score (nSPS) is 10.6. The first-order chi connectivity index (χ1) is 13.7. The van der Waals surface area contributed by atoms with Gasteiger partial charge in [-0.15, -0.1) is 0 Å². The highest BCUT2D eigenvalue weighted by atomic mass is 16.5. The summed E-state index contributed by atoms with van der Waals surface area (Å²) in [5.41, 5.74) is 3.85. The van der Waals surface area contributed by atoms with E-state index in [0.717, 1.165) is 22.4 Å². The Balaban J connectivity index is 1.41. The van der Waals surface area contributed by atoms with Crippen LogP contribution in [-0.4, -0.2) is 15.9 Å². The third-order valence-corrected chi connectivity index (χ3v) is 4.26. The maximum absolute atomic E-state index is 12.1. The summed E-state index contributed by atoms with van der Waals surface area (Å²) in [6.45, 7) is 2.23. The molecule has 0 aliphatic carbocycles. The molecule has 138 valence electrons. The van der Waals surface area contributed by atoms with Gasteiger partial charge in [-0.05, 0) is 55.5 Å². The van der Waals surface area contributed by atoms with Gasteiger partial charge in [0.15, 0.2) is 0 Å². The molecule has 0 unspecified atom stereocenters. The summed E-state index contributed by atoms with van der Waals surface area (Å²) >= 11 is 0. The quantitative estimate of drug-likeness (QED) is 0.375.